The number of rotatable bonds is 5. The molecule has 1 aromatic carbocycles. The monoisotopic (exact) mass is 258 g/mol. The van der Waals surface area contributed by atoms with E-state index in [1.54, 1.807) is 13.8 Å². The summed E-state index contributed by atoms with van der Waals surface area (Å²) in [7, 11) is 1.45. The fraction of sp³-hybridized carbons (Fsp3) is 0.462. The molecule has 0 saturated carbocycles. The molecule has 0 saturated heterocycles. The number of carbonyl (C=O) groups is 1. The van der Waals surface area contributed by atoms with Gasteiger partial charge in [-0.3, -0.25) is 4.79 Å². The summed E-state index contributed by atoms with van der Waals surface area (Å²) in [5, 5.41) is 8.80. The number of benzene rings is 1. The van der Waals surface area contributed by atoms with Crippen LogP contribution in [0, 0.1) is 11.6 Å². The van der Waals surface area contributed by atoms with Crippen LogP contribution in [0.1, 0.15) is 31.4 Å². The van der Waals surface area contributed by atoms with Crippen LogP contribution in [0.3, 0.4) is 0 Å². The van der Waals surface area contributed by atoms with Crippen molar-refractivity contribution in [1.82, 2.24) is 0 Å². The fourth-order valence-electron chi connectivity index (χ4n) is 1.86. The maximum absolute atomic E-state index is 13.8. The zero-order valence-electron chi connectivity index (χ0n) is 10.6. The first-order valence-electron chi connectivity index (χ1n) is 5.47. The van der Waals surface area contributed by atoms with Crippen LogP contribution in [-0.2, 0) is 21.6 Å². The normalized spacial score (nSPS) is 11.6. The number of aliphatic carboxylic acids is 1. The van der Waals surface area contributed by atoms with Crippen molar-refractivity contribution < 1.29 is 23.4 Å². The second-order valence-electron chi connectivity index (χ2n) is 4.83. The lowest BCUT2D eigenvalue weighted by Gasteiger charge is -2.24. The number of carboxylic acid groups (broad SMARTS) is 1. The summed E-state index contributed by atoms with van der Waals surface area (Å²) in [6, 6.07) is 2.50. The number of ether oxygens (including phenoxy) is 1. The lowest BCUT2D eigenvalue weighted by Crippen LogP contribution is -2.24. The van der Waals surface area contributed by atoms with Crippen molar-refractivity contribution in [3.05, 3.63) is 34.9 Å². The Labute approximate surface area is 104 Å². The van der Waals surface area contributed by atoms with Crippen molar-refractivity contribution in [1.29, 1.82) is 0 Å². The Hall–Kier alpha value is -1.49. The van der Waals surface area contributed by atoms with E-state index < -0.39 is 23.0 Å². The molecule has 5 heteroatoms. The van der Waals surface area contributed by atoms with Gasteiger partial charge in [0.1, 0.15) is 0 Å². The van der Waals surface area contributed by atoms with Crippen molar-refractivity contribution in [3.8, 4) is 0 Å². The highest BCUT2D eigenvalue weighted by Crippen LogP contribution is 2.31. The van der Waals surface area contributed by atoms with E-state index in [9.17, 15) is 13.6 Å². The lowest BCUT2D eigenvalue weighted by molar-refractivity contribution is -0.138. The minimum absolute atomic E-state index is 0.0527. The van der Waals surface area contributed by atoms with Crippen LogP contribution in [0.25, 0.3) is 0 Å². The molecule has 0 radical (unpaired) electrons. The first-order valence-corrected chi connectivity index (χ1v) is 5.47. The molecule has 0 aliphatic carbocycles. The van der Waals surface area contributed by atoms with Gasteiger partial charge in [-0.25, -0.2) is 8.78 Å². The van der Waals surface area contributed by atoms with Gasteiger partial charge in [0.05, 0.1) is 13.0 Å². The Kier molecular flexibility index (Phi) is 4.40. The molecule has 0 aliphatic rings. The van der Waals surface area contributed by atoms with E-state index in [0.717, 1.165) is 6.07 Å². The third-order valence-electron chi connectivity index (χ3n) is 2.72. The second kappa shape index (κ2) is 5.44. The summed E-state index contributed by atoms with van der Waals surface area (Å²) < 4.78 is 32.1. The molecule has 100 valence electrons. The van der Waals surface area contributed by atoms with Gasteiger partial charge in [0.15, 0.2) is 11.6 Å². The predicted molar refractivity (Wildman–Crippen MR) is 62.3 cm³/mol. The smallest absolute Gasteiger partial charge is 0.304 e. The SMILES string of the molecule is COCc1cc(F)c(F)c(C(C)(C)CC(=O)O)c1. The highest BCUT2D eigenvalue weighted by molar-refractivity contribution is 5.69. The molecular formula is C13H16F2O3. The molecule has 0 atom stereocenters. The third kappa shape index (κ3) is 3.26. The van der Waals surface area contributed by atoms with Crippen molar-refractivity contribution >= 4 is 5.97 Å². The quantitative estimate of drug-likeness (QED) is 0.883. The van der Waals surface area contributed by atoms with E-state index in [0.29, 0.717) is 5.56 Å². The summed E-state index contributed by atoms with van der Waals surface area (Å²) in [5.41, 5.74) is -0.456. The number of hydrogen-bond acceptors (Lipinski definition) is 2. The molecule has 1 N–H and O–H groups in total. The van der Waals surface area contributed by atoms with Gasteiger partial charge in [0.25, 0.3) is 0 Å². The first kappa shape index (κ1) is 14.6. The zero-order chi connectivity index (χ0) is 13.9. The van der Waals surface area contributed by atoms with E-state index in [4.69, 9.17) is 9.84 Å². The highest BCUT2D eigenvalue weighted by atomic mass is 19.2. The minimum Gasteiger partial charge on any atom is -0.481 e. The molecule has 18 heavy (non-hydrogen) atoms. The van der Waals surface area contributed by atoms with Crippen molar-refractivity contribution in [2.24, 2.45) is 0 Å². The van der Waals surface area contributed by atoms with E-state index in [-0.39, 0.29) is 18.6 Å². The van der Waals surface area contributed by atoms with Gasteiger partial charge in [-0.15, -0.1) is 0 Å². The summed E-state index contributed by atoms with van der Waals surface area (Å²) >= 11 is 0. The summed E-state index contributed by atoms with van der Waals surface area (Å²) in [6.07, 6.45) is -0.278. The second-order valence-corrected chi connectivity index (χ2v) is 4.83. The van der Waals surface area contributed by atoms with E-state index in [1.807, 2.05) is 0 Å². The molecule has 0 unspecified atom stereocenters. The molecular weight excluding hydrogens is 242 g/mol. The summed E-state index contributed by atoms with van der Waals surface area (Å²) in [5.74, 6) is -3.05. The Morgan fingerprint density at radius 1 is 1.39 bits per heavy atom. The number of carboxylic acids is 1. The van der Waals surface area contributed by atoms with Gasteiger partial charge in [-0.2, -0.15) is 0 Å². The molecule has 0 fully saturated rings. The minimum atomic E-state index is -1.06. The number of methoxy groups -OCH3 is 1. The van der Waals surface area contributed by atoms with Gasteiger partial charge >= 0.3 is 5.97 Å². The molecule has 0 amide bonds. The van der Waals surface area contributed by atoms with Crippen LogP contribution in [0.4, 0.5) is 8.78 Å². The van der Waals surface area contributed by atoms with Gasteiger partial charge in [-0.1, -0.05) is 13.8 Å². The zero-order valence-corrected chi connectivity index (χ0v) is 10.6. The van der Waals surface area contributed by atoms with Crippen molar-refractivity contribution in [3.63, 3.8) is 0 Å². The third-order valence-corrected chi connectivity index (χ3v) is 2.72. The molecule has 0 aromatic heterocycles. The largest absolute Gasteiger partial charge is 0.481 e. The molecule has 0 bridgehead atoms. The Bertz CT molecular complexity index is 456. The van der Waals surface area contributed by atoms with Crippen LogP contribution in [-0.4, -0.2) is 18.2 Å². The van der Waals surface area contributed by atoms with Crippen LogP contribution in [0.2, 0.25) is 0 Å². The van der Waals surface area contributed by atoms with Crippen LogP contribution in [0.15, 0.2) is 12.1 Å². The van der Waals surface area contributed by atoms with Gasteiger partial charge in [-0.05, 0) is 23.3 Å². The predicted octanol–water partition coefficient (Wildman–Crippen LogP) is 2.86. The average molecular weight is 258 g/mol. The van der Waals surface area contributed by atoms with Crippen LogP contribution >= 0.6 is 0 Å². The Morgan fingerprint density at radius 3 is 2.50 bits per heavy atom. The maximum Gasteiger partial charge on any atom is 0.304 e. The van der Waals surface area contributed by atoms with Crippen LogP contribution < -0.4 is 0 Å². The molecule has 1 rings (SSSR count). The standard InChI is InChI=1S/C13H16F2O3/c1-13(2,6-11(16)17)9-4-8(7-18-3)5-10(14)12(9)15/h4-5H,6-7H2,1-3H3,(H,16,17). The van der Waals surface area contributed by atoms with Crippen molar-refractivity contribution in [2.45, 2.75) is 32.3 Å². The fourth-order valence-corrected chi connectivity index (χ4v) is 1.86. The van der Waals surface area contributed by atoms with Gasteiger partial charge < -0.3 is 9.84 Å². The van der Waals surface area contributed by atoms with Gasteiger partial charge in [0.2, 0.25) is 0 Å². The van der Waals surface area contributed by atoms with E-state index in [1.165, 1.54) is 13.2 Å². The average Bonchev–Trinajstić information content (AvgIpc) is 2.21. The molecule has 0 spiro atoms. The Morgan fingerprint density at radius 2 is 2.00 bits per heavy atom. The van der Waals surface area contributed by atoms with Gasteiger partial charge in [0, 0.05) is 12.5 Å². The molecule has 0 heterocycles. The Balaban J connectivity index is 3.25. The van der Waals surface area contributed by atoms with Crippen LogP contribution in [0.5, 0.6) is 0 Å². The molecule has 1 aromatic rings. The molecule has 0 aliphatic heterocycles. The van der Waals surface area contributed by atoms with E-state index >= 15 is 0 Å². The van der Waals surface area contributed by atoms with Crippen molar-refractivity contribution in [2.75, 3.05) is 7.11 Å². The topological polar surface area (TPSA) is 46.5 Å². The summed E-state index contributed by atoms with van der Waals surface area (Å²) in [4.78, 5) is 10.8. The first-order chi connectivity index (χ1) is 8.27. The summed E-state index contributed by atoms with van der Waals surface area (Å²) in [6.45, 7) is 3.28. The maximum atomic E-state index is 13.8. The number of hydrogen-bond donors (Lipinski definition) is 1. The number of halogens is 2. The van der Waals surface area contributed by atoms with E-state index in [2.05, 4.69) is 0 Å². The lowest BCUT2D eigenvalue weighted by atomic mass is 9.80. The molecule has 3 nitrogen and oxygen atoms in total. The highest BCUT2D eigenvalue weighted by Gasteiger charge is 2.29.